The SMILES string of the molecule is COCCCN(CCCC(C)N)CCOC. The molecule has 0 aliphatic rings. The Morgan fingerprint density at radius 1 is 1.00 bits per heavy atom. The predicted octanol–water partition coefficient (Wildman–Crippen LogP) is 1.10. The Bertz CT molecular complexity index is 143. The molecule has 0 fully saturated rings. The fraction of sp³-hybridized carbons (Fsp3) is 1.00. The molecule has 0 bridgehead atoms. The molecule has 0 spiro atoms. The van der Waals surface area contributed by atoms with Gasteiger partial charge in [-0.2, -0.15) is 0 Å². The van der Waals surface area contributed by atoms with E-state index >= 15 is 0 Å². The summed E-state index contributed by atoms with van der Waals surface area (Å²) in [4.78, 5) is 2.42. The number of nitrogens with two attached hydrogens (primary N) is 1. The summed E-state index contributed by atoms with van der Waals surface area (Å²) in [6.45, 7) is 6.87. The Labute approximate surface area is 100 Å². The largest absolute Gasteiger partial charge is 0.385 e. The van der Waals surface area contributed by atoms with Gasteiger partial charge in [-0.05, 0) is 32.7 Å². The van der Waals surface area contributed by atoms with Crippen molar-refractivity contribution < 1.29 is 9.47 Å². The number of rotatable bonds is 11. The van der Waals surface area contributed by atoms with Crippen LogP contribution < -0.4 is 5.73 Å². The van der Waals surface area contributed by atoms with Crippen molar-refractivity contribution in [3.8, 4) is 0 Å². The van der Waals surface area contributed by atoms with Crippen LogP contribution in [0.2, 0.25) is 0 Å². The fourth-order valence-electron chi connectivity index (χ4n) is 1.63. The highest BCUT2D eigenvalue weighted by molar-refractivity contribution is 4.61. The van der Waals surface area contributed by atoms with Crippen LogP contribution in [0.15, 0.2) is 0 Å². The molecule has 0 aromatic heterocycles. The van der Waals surface area contributed by atoms with Crippen LogP contribution in [-0.2, 0) is 9.47 Å². The standard InChI is InChI=1S/C12H28N2O2/c1-12(13)6-4-7-14(9-11-16-3)8-5-10-15-2/h12H,4-11,13H2,1-3H3. The van der Waals surface area contributed by atoms with Gasteiger partial charge in [0, 0.05) is 40.0 Å². The molecule has 1 unspecified atom stereocenters. The summed E-state index contributed by atoms with van der Waals surface area (Å²) in [5.74, 6) is 0. The molecule has 0 saturated heterocycles. The van der Waals surface area contributed by atoms with E-state index in [2.05, 4.69) is 11.8 Å². The van der Waals surface area contributed by atoms with Crippen LogP contribution in [0.25, 0.3) is 0 Å². The normalized spacial score (nSPS) is 13.3. The third kappa shape index (κ3) is 10.4. The molecule has 0 aliphatic carbocycles. The Morgan fingerprint density at radius 2 is 1.62 bits per heavy atom. The maximum absolute atomic E-state index is 5.74. The smallest absolute Gasteiger partial charge is 0.0589 e. The van der Waals surface area contributed by atoms with Crippen molar-refractivity contribution in [1.82, 2.24) is 4.90 Å². The minimum atomic E-state index is 0.309. The van der Waals surface area contributed by atoms with E-state index in [1.807, 2.05) is 0 Å². The third-order valence-corrected chi connectivity index (χ3v) is 2.57. The first-order valence-corrected chi connectivity index (χ1v) is 6.16. The van der Waals surface area contributed by atoms with Crippen LogP contribution in [0.5, 0.6) is 0 Å². The number of hydrogen-bond donors (Lipinski definition) is 1. The zero-order valence-electron chi connectivity index (χ0n) is 11.1. The highest BCUT2D eigenvalue weighted by Gasteiger charge is 2.04. The van der Waals surface area contributed by atoms with Crippen molar-refractivity contribution in [3.05, 3.63) is 0 Å². The quantitative estimate of drug-likeness (QED) is 0.542. The Morgan fingerprint density at radius 3 is 2.19 bits per heavy atom. The van der Waals surface area contributed by atoms with E-state index in [9.17, 15) is 0 Å². The van der Waals surface area contributed by atoms with Gasteiger partial charge in [-0.15, -0.1) is 0 Å². The first-order chi connectivity index (χ1) is 7.70. The molecule has 0 heterocycles. The predicted molar refractivity (Wildman–Crippen MR) is 67.7 cm³/mol. The molecule has 0 aromatic rings. The molecule has 16 heavy (non-hydrogen) atoms. The van der Waals surface area contributed by atoms with Crippen LogP contribution in [0, 0.1) is 0 Å². The van der Waals surface area contributed by atoms with Crippen LogP contribution in [0.4, 0.5) is 0 Å². The minimum Gasteiger partial charge on any atom is -0.385 e. The second kappa shape index (κ2) is 11.3. The van der Waals surface area contributed by atoms with Crippen LogP contribution in [-0.4, -0.2) is 58.0 Å². The zero-order valence-corrected chi connectivity index (χ0v) is 11.1. The fourth-order valence-corrected chi connectivity index (χ4v) is 1.63. The lowest BCUT2D eigenvalue weighted by Crippen LogP contribution is -2.31. The van der Waals surface area contributed by atoms with E-state index in [0.29, 0.717) is 6.04 Å². The molecule has 0 rings (SSSR count). The molecule has 1 atom stereocenters. The summed E-state index contributed by atoms with van der Waals surface area (Å²) < 4.78 is 10.2. The lowest BCUT2D eigenvalue weighted by atomic mass is 10.2. The second-order valence-corrected chi connectivity index (χ2v) is 4.30. The van der Waals surface area contributed by atoms with Gasteiger partial charge in [0.2, 0.25) is 0 Å². The van der Waals surface area contributed by atoms with E-state index in [4.69, 9.17) is 15.2 Å². The lowest BCUT2D eigenvalue weighted by Gasteiger charge is -2.22. The van der Waals surface area contributed by atoms with E-state index in [-0.39, 0.29) is 0 Å². The van der Waals surface area contributed by atoms with Crippen molar-refractivity contribution in [1.29, 1.82) is 0 Å². The van der Waals surface area contributed by atoms with Crippen molar-refractivity contribution in [2.75, 3.05) is 47.1 Å². The third-order valence-electron chi connectivity index (χ3n) is 2.57. The first-order valence-electron chi connectivity index (χ1n) is 6.16. The van der Waals surface area contributed by atoms with Gasteiger partial charge in [-0.3, -0.25) is 0 Å². The summed E-state index contributed by atoms with van der Waals surface area (Å²) in [6, 6.07) is 0.309. The average molecular weight is 232 g/mol. The molecule has 0 radical (unpaired) electrons. The summed E-state index contributed by atoms with van der Waals surface area (Å²) >= 11 is 0. The van der Waals surface area contributed by atoms with Gasteiger partial charge in [0.15, 0.2) is 0 Å². The van der Waals surface area contributed by atoms with Gasteiger partial charge >= 0.3 is 0 Å². The van der Waals surface area contributed by atoms with Gasteiger partial charge in [0.05, 0.1) is 6.61 Å². The average Bonchev–Trinajstić information content (AvgIpc) is 2.25. The molecule has 98 valence electrons. The summed E-state index contributed by atoms with van der Waals surface area (Å²) in [5, 5.41) is 0. The molecule has 0 aliphatic heterocycles. The highest BCUT2D eigenvalue weighted by Crippen LogP contribution is 1.99. The molecule has 0 aromatic carbocycles. The molecule has 2 N–H and O–H groups in total. The van der Waals surface area contributed by atoms with E-state index in [1.165, 1.54) is 0 Å². The number of methoxy groups -OCH3 is 2. The molecule has 4 heteroatoms. The molecule has 0 saturated carbocycles. The van der Waals surface area contributed by atoms with Crippen molar-refractivity contribution >= 4 is 0 Å². The maximum atomic E-state index is 5.74. The Kier molecular flexibility index (Phi) is 11.2. The minimum absolute atomic E-state index is 0.309. The summed E-state index contributed by atoms with van der Waals surface area (Å²) in [6.07, 6.45) is 3.33. The number of hydrogen-bond acceptors (Lipinski definition) is 4. The molecule has 4 nitrogen and oxygen atoms in total. The number of nitrogens with zero attached hydrogens (tertiary/aromatic N) is 1. The van der Waals surface area contributed by atoms with E-state index in [1.54, 1.807) is 14.2 Å². The van der Waals surface area contributed by atoms with E-state index in [0.717, 1.165) is 52.1 Å². The second-order valence-electron chi connectivity index (χ2n) is 4.30. The maximum Gasteiger partial charge on any atom is 0.0589 e. The van der Waals surface area contributed by atoms with Crippen molar-refractivity contribution in [2.45, 2.75) is 32.2 Å². The topological polar surface area (TPSA) is 47.7 Å². The molecular formula is C12H28N2O2. The molecular weight excluding hydrogens is 204 g/mol. The van der Waals surface area contributed by atoms with Gasteiger partial charge in [0.25, 0.3) is 0 Å². The summed E-state index contributed by atoms with van der Waals surface area (Å²) in [7, 11) is 3.49. The van der Waals surface area contributed by atoms with Gasteiger partial charge < -0.3 is 20.1 Å². The lowest BCUT2D eigenvalue weighted by molar-refractivity contribution is 0.131. The van der Waals surface area contributed by atoms with Crippen LogP contribution in [0.3, 0.4) is 0 Å². The van der Waals surface area contributed by atoms with Gasteiger partial charge in [-0.1, -0.05) is 0 Å². The zero-order chi connectivity index (χ0) is 12.2. The summed E-state index contributed by atoms with van der Waals surface area (Å²) in [5.41, 5.74) is 5.74. The van der Waals surface area contributed by atoms with Crippen LogP contribution in [0.1, 0.15) is 26.2 Å². The van der Waals surface area contributed by atoms with E-state index < -0.39 is 0 Å². The Balaban J connectivity index is 3.62. The van der Waals surface area contributed by atoms with Gasteiger partial charge in [-0.25, -0.2) is 0 Å². The highest BCUT2D eigenvalue weighted by atomic mass is 16.5. The van der Waals surface area contributed by atoms with Crippen molar-refractivity contribution in [3.63, 3.8) is 0 Å². The monoisotopic (exact) mass is 232 g/mol. The molecule has 0 amide bonds. The van der Waals surface area contributed by atoms with Crippen LogP contribution >= 0.6 is 0 Å². The van der Waals surface area contributed by atoms with Gasteiger partial charge in [0.1, 0.15) is 0 Å². The Hall–Kier alpha value is -0.160. The first kappa shape index (κ1) is 15.8. The number of ether oxygens (including phenoxy) is 2. The van der Waals surface area contributed by atoms with Crippen molar-refractivity contribution in [2.24, 2.45) is 5.73 Å².